The molecule has 0 saturated heterocycles. The number of nitrogens with zero attached hydrogens (tertiary/aromatic N) is 1. The minimum atomic E-state index is -0.306. The van der Waals surface area contributed by atoms with Crippen LogP contribution in [0.4, 0.5) is 0 Å². The van der Waals surface area contributed by atoms with Crippen LogP contribution in [-0.2, 0) is 4.79 Å². The summed E-state index contributed by atoms with van der Waals surface area (Å²) >= 11 is 2.18. The van der Waals surface area contributed by atoms with Crippen LogP contribution in [0.1, 0.15) is 51.0 Å². The van der Waals surface area contributed by atoms with Gasteiger partial charge in [-0.05, 0) is 65.6 Å². The molecule has 1 aliphatic carbocycles. The smallest absolute Gasteiger partial charge is 0.262 e. The van der Waals surface area contributed by atoms with Gasteiger partial charge >= 0.3 is 0 Å². The van der Waals surface area contributed by atoms with Crippen LogP contribution in [0.15, 0.2) is 17.7 Å². The zero-order valence-electron chi connectivity index (χ0n) is 15.3. The molecule has 0 aromatic heterocycles. The molecule has 0 radical (unpaired) electrons. The van der Waals surface area contributed by atoms with E-state index in [1.165, 1.54) is 6.42 Å². The molecule has 6 heteroatoms. The maximum atomic E-state index is 12.4. The summed E-state index contributed by atoms with van der Waals surface area (Å²) in [6, 6.07) is 5.87. The second-order valence-corrected chi connectivity index (χ2v) is 7.52. The fraction of sp³-hybridized carbons (Fsp3) is 0.500. The third-order valence-electron chi connectivity index (χ3n) is 4.32. The maximum absolute atomic E-state index is 12.4. The molecule has 5 nitrogen and oxygen atoms in total. The average Bonchev–Trinajstić information content (AvgIpc) is 2.65. The van der Waals surface area contributed by atoms with Crippen LogP contribution in [0, 0.1) is 14.9 Å². The Labute approximate surface area is 168 Å². The number of rotatable bonds is 7. The molecule has 1 saturated carbocycles. The summed E-state index contributed by atoms with van der Waals surface area (Å²) in [5.41, 5.74) is 0.848. The van der Waals surface area contributed by atoms with E-state index in [-0.39, 0.29) is 17.5 Å². The fourth-order valence-electron chi connectivity index (χ4n) is 2.99. The molecule has 1 fully saturated rings. The lowest BCUT2D eigenvalue weighted by Crippen LogP contribution is -2.36. The van der Waals surface area contributed by atoms with Crippen molar-refractivity contribution in [1.29, 1.82) is 5.26 Å². The van der Waals surface area contributed by atoms with E-state index in [1.807, 2.05) is 19.1 Å². The van der Waals surface area contributed by atoms with Gasteiger partial charge < -0.3 is 14.8 Å². The first-order valence-corrected chi connectivity index (χ1v) is 10.1. The van der Waals surface area contributed by atoms with E-state index in [9.17, 15) is 10.1 Å². The second kappa shape index (κ2) is 10.4. The molecule has 0 unspecified atom stereocenters. The van der Waals surface area contributed by atoms with E-state index >= 15 is 0 Å². The third kappa shape index (κ3) is 5.63. The number of hydrogen-bond acceptors (Lipinski definition) is 4. The van der Waals surface area contributed by atoms with Crippen molar-refractivity contribution >= 4 is 34.6 Å². The highest BCUT2D eigenvalue weighted by atomic mass is 127. The Bertz CT molecular complexity index is 704. The molecule has 0 heterocycles. The van der Waals surface area contributed by atoms with Gasteiger partial charge in [0.15, 0.2) is 11.5 Å². The minimum Gasteiger partial charge on any atom is -0.493 e. The van der Waals surface area contributed by atoms with Crippen LogP contribution in [0.5, 0.6) is 11.5 Å². The number of methoxy groups -OCH3 is 1. The van der Waals surface area contributed by atoms with E-state index < -0.39 is 0 Å². The zero-order valence-corrected chi connectivity index (χ0v) is 17.5. The van der Waals surface area contributed by atoms with Crippen molar-refractivity contribution < 1.29 is 14.3 Å². The lowest BCUT2D eigenvalue weighted by Gasteiger charge is -2.22. The Balaban J connectivity index is 2.20. The van der Waals surface area contributed by atoms with Gasteiger partial charge in [-0.1, -0.05) is 26.2 Å². The van der Waals surface area contributed by atoms with Gasteiger partial charge in [-0.2, -0.15) is 5.26 Å². The molecule has 2 rings (SSSR count). The van der Waals surface area contributed by atoms with Gasteiger partial charge in [0.05, 0.1) is 17.3 Å². The van der Waals surface area contributed by atoms with Crippen molar-refractivity contribution in [3.63, 3.8) is 0 Å². The number of hydrogen-bond donors (Lipinski definition) is 1. The van der Waals surface area contributed by atoms with E-state index in [2.05, 4.69) is 27.9 Å². The first-order chi connectivity index (χ1) is 12.6. The summed E-state index contributed by atoms with van der Waals surface area (Å²) in [4.78, 5) is 12.4. The molecule has 1 aromatic rings. The third-order valence-corrected chi connectivity index (χ3v) is 5.12. The lowest BCUT2D eigenvalue weighted by molar-refractivity contribution is -0.117. The molecule has 0 atom stereocenters. The Morgan fingerprint density at radius 3 is 2.73 bits per heavy atom. The van der Waals surface area contributed by atoms with Gasteiger partial charge in [-0.3, -0.25) is 4.79 Å². The van der Waals surface area contributed by atoms with Gasteiger partial charge in [-0.25, -0.2) is 0 Å². The SMILES string of the molecule is CCCOc1c(I)cc(/C=C(/C#N)C(=O)NC2CCCCC2)cc1OC. The molecule has 0 aliphatic heterocycles. The highest BCUT2D eigenvalue weighted by molar-refractivity contribution is 14.1. The molecule has 1 aromatic carbocycles. The predicted molar refractivity (Wildman–Crippen MR) is 110 cm³/mol. The number of amides is 1. The van der Waals surface area contributed by atoms with Crippen molar-refractivity contribution in [2.75, 3.05) is 13.7 Å². The van der Waals surface area contributed by atoms with E-state index in [1.54, 1.807) is 19.3 Å². The van der Waals surface area contributed by atoms with Crippen LogP contribution in [0.3, 0.4) is 0 Å². The highest BCUT2D eigenvalue weighted by Gasteiger charge is 2.18. The van der Waals surface area contributed by atoms with Crippen molar-refractivity contribution in [2.24, 2.45) is 0 Å². The quantitative estimate of drug-likeness (QED) is 0.365. The van der Waals surface area contributed by atoms with Crippen LogP contribution < -0.4 is 14.8 Å². The minimum absolute atomic E-state index is 0.107. The summed E-state index contributed by atoms with van der Waals surface area (Å²) in [6.45, 7) is 2.65. The summed E-state index contributed by atoms with van der Waals surface area (Å²) in [5, 5.41) is 12.4. The first-order valence-electron chi connectivity index (χ1n) is 9.02. The largest absolute Gasteiger partial charge is 0.493 e. The topological polar surface area (TPSA) is 71.3 Å². The van der Waals surface area contributed by atoms with Crippen molar-refractivity contribution in [3.05, 3.63) is 26.8 Å². The number of ether oxygens (including phenoxy) is 2. The molecule has 26 heavy (non-hydrogen) atoms. The Hall–Kier alpha value is -1.75. The Kier molecular flexibility index (Phi) is 8.23. The predicted octanol–water partition coefficient (Wildman–Crippen LogP) is 4.44. The highest BCUT2D eigenvalue weighted by Crippen LogP contribution is 2.34. The molecular weight excluding hydrogens is 443 g/mol. The standard InChI is InChI=1S/C20H25IN2O3/c1-3-9-26-19-17(21)11-14(12-18(19)25-2)10-15(13-22)20(24)23-16-7-5-4-6-8-16/h10-12,16H,3-9H2,1-2H3,(H,23,24)/b15-10-. The molecule has 1 N–H and O–H groups in total. The van der Waals surface area contributed by atoms with Crippen molar-refractivity contribution in [1.82, 2.24) is 5.32 Å². The number of nitriles is 1. The number of carbonyl (C=O) groups excluding carboxylic acids is 1. The number of benzene rings is 1. The van der Waals surface area contributed by atoms with Gasteiger partial charge in [0, 0.05) is 6.04 Å². The average molecular weight is 468 g/mol. The Morgan fingerprint density at radius 2 is 2.12 bits per heavy atom. The number of nitrogens with one attached hydrogen (secondary N) is 1. The monoisotopic (exact) mass is 468 g/mol. The first kappa shape index (κ1) is 20.6. The van der Waals surface area contributed by atoms with E-state index in [4.69, 9.17) is 9.47 Å². The Morgan fingerprint density at radius 1 is 1.38 bits per heavy atom. The fourth-order valence-corrected chi connectivity index (χ4v) is 3.77. The summed E-state index contributed by atoms with van der Waals surface area (Å²) in [6.07, 6.45) is 7.96. The van der Waals surface area contributed by atoms with Crippen LogP contribution in [0.25, 0.3) is 6.08 Å². The van der Waals surface area contributed by atoms with Crippen molar-refractivity contribution in [3.8, 4) is 17.6 Å². The molecule has 0 bridgehead atoms. The second-order valence-electron chi connectivity index (χ2n) is 6.36. The van der Waals surface area contributed by atoms with E-state index in [0.29, 0.717) is 18.1 Å². The zero-order chi connectivity index (χ0) is 18.9. The normalized spacial score (nSPS) is 15.2. The number of carbonyl (C=O) groups is 1. The molecule has 140 valence electrons. The van der Waals surface area contributed by atoms with Gasteiger partial charge in [-0.15, -0.1) is 0 Å². The lowest BCUT2D eigenvalue weighted by atomic mass is 9.95. The van der Waals surface area contributed by atoms with Crippen LogP contribution in [-0.4, -0.2) is 25.7 Å². The molecule has 1 aliphatic rings. The van der Waals surface area contributed by atoms with E-state index in [0.717, 1.165) is 41.2 Å². The van der Waals surface area contributed by atoms with Gasteiger partial charge in [0.25, 0.3) is 5.91 Å². The van der Waals surface area contributed by atoms with Crippen LogP contribution >= 0.6 is 22.6 Å². The maximum Gasteiger partial charge on any atom is 0.262 e. The summed E-state index contributed by atoms with van der Waals surface area (Å²) in [7, 11) is 1.58. The number of halogens is 1. The van der Waals surface area contributed by atoms with Crippen molar-refractivity contribution in [2.45, 2.75) is 51.5 Å². The molecule has 1 amide bonds. The van der Waals surface area contributed by atoms with Gasteiger partial charge in [0.2, 0.25) is 0 Å². The summed E-state index contributed by atoms with van der Waals surface area (Å²) in [5.74, 6) is 0.985. The van der Waals surface area contributed by atoms with Crippen LogP contribution in [0.2, 0.25) is 0 Å². The summed E-state index contributed by atoms with van der Waals surface area (Å²) < 4.78 is 12.0. The molecular formula is C20H25IN2O3. The van der Waals surface area contributed by atoms with Gasteiger partial charge in [0.1, 0.15) is 11.6 Å². The molecule has 0 spiro atoms.